The normalized spacial score (nSPS) is 18.6. The molecule has 1 N–H and O–H groups in total. The topological polar surface area (TPSA) is 84.6 Å². The van der Waals surface area contributed by atoms with Crippen molar-refractivity contribution in [2.24, 2.45) is 0 Å². The van der Waals surface area contributed by atoms with Crippen LogP contribution in [0.15, 0.2) is 24.5 Å². The van der Waals surface area contributed by atoms with Gasteiger partial charge in [0, 0.05) is 12.6 Å². The van der Waals surface area contributed by atoms with Crippen molar-refractivity contribution in [1.82, 2.24) is 19.6 Å². The highest BCUT2D eigenvalue weighted by Gasteiger charge is 2.60. The monoisotopic (exact) mass is 440 g/mol. The van der Waals surface area contributed by atoms with Gasteiger partial charge in [-0.25, -0.2) is 19.3 Å². The third-order valence-corrected chi connectivity index (χ3v) is 5.27. The zero-order chi connectivity index (χ0) is 21.8. The zero-order valence-electron chi connectivity index (χ0n) is 16.1. The molecule has 0 bridgehead atoms. The second-order valence-electron chi connectivity index (χ2n) is 7.11. The highest BCUT2D eigenvalue weighted by Crippen LogP contribution is 2.49. The van der Waals surface area contributed by atoms with Crippen LogP contribution in [-0.4, -0.2) is 45.4 Å². The molecule has 3 aromatic rings. The quantitative estimate of drug-likeness (QED) is 0.652. The molecule has 0 radical (unpaired) electrons. The van der Waals surface area contributed by atoms with Crippen LogP contribution in [0.25, 0.3) is 5.65 Å². The lowest BCUT2D eigenvalue weighted by Gasteiger charge is -2.28. The van der Waals surface area contributed by atoms with Crippen LogP contribution in [0.4, 0.5) is 29.3 Å². The molecule has 1 atom stereocenters. The Morgan fingerprint density at radius 3 is 2.67 bits per heavy atom. The number of aromatic nitrogens is 4. The molecule has 158 valence electrons. The molecular weight excluding hydrogens is 425 g/mol. The van der Waals surface area contributed by atoms with Gasteiger partial charge in [-0.2, -0.15) is 18.3 Å². The van der Waals surface area contributed by atoms with Gasteiger partial charge in [0.25, 0.3) is 0 Å². The maximum atomic E-state index is 14.1. The Labute approximate surface area is 173 Å². The van der Waals surface area contributed by atoms with Crippen molar-refractivity contribution in [3.63, 3.8) is 0 Å². The fraction of sp³-hybridized carbons (Fsp3) is 0.333. The van der Waals surface area contributed by atoms with Gasteiger partial charge in [-0.3, -0.25) is 4.90 Å². The molecule has 8 nitrogen and oxygen atoms in total. The largest absolute Gasteiger partial charge is 0.480 e. The summed E-state index contributed by atoms with van der Waals surface area (Å²) in [6, 6.07) is 2.19. The summed E-state index contributed by atoms with van der Waals surface area (Å²) >= 11 is 6.00. The fourth-order valence-electron chi connectivity index (χ4n) is 3.47. The van der Waals surface area contributed by atoms with Crippen LogP contribution in [0.3, 0.4) is 0 Å². The van der Waals surface area contributed by atoms with Crippen molar-refractivity contribution in [3.05, 3.63) is 40.9 Å². The van der Waals surface area contributed by atoms with E-state index in [2.05, 4.69) is 20.4 Å². The van der Waals surface area contributed by atoms with Gasteiger partial charge in [0.05, 0.1) is 42.3 Å². The third kappa shape index (κ3) is 3.00. The molecule has 0 aromatic carbocycles. The van der Waals surface area contributed by atoms with Crippen molar-refractivity contribution in [1.29, 1.82) is 0 Å². The summed E-state index contributed by atoms with van der Waals surface area (Å²) in [5.74, 6) is 0.159. The second-order valence-corrected chi connectivity index (χ2v) is 7.52. The van der Waals surface area contributed by atoms with Gasteiger partial charge in [-0.05, 0) is 19.9 Å². The molecule has 4 rings (SSSR count). The van der Waals surface area contributed by atoms with Crippen LogP contribution in [0.1, 0.15) is 18.3 Å². The number of hydrogen-bond acceptors (Lipinski definition) is 5. The lowest BCUT2D eigenvalue weighted by molar-refractivity contribution is -0.181. The zero-order valence-corrected chi connectivity index (χ0v) is 16.8. The molecule has 2 amide bonds. The second kappa shape index (κ2) is 6.73. The first-order chi connectivity index (χ1) is 14.0. The molecule has 0 spiro atoms. The van der Waals surface area contributed by atoms with E-state index >= 15 is 0 Å². The number of methoxy groups -OCH3 is 1. The van der Waals surface area contributed by atoms with Gasteiger partial charge >= 0.3 is 12.2 Å². The number of nitrogens with one attached hydrogen (secondary N) is 1. The number of alkyl halides is 3. The van der Waals surface area contributed by atoms with Crippen molar-refractivity contribution >= 4 is 34.7 Å². The summed E-state index contributed by atoms with van der Waals surface area (Å²) in [7, 11) is 1.39. The molecule has 1 aliphatic rings. The summed E-state index contributed by atoms with van der Waals surface area (Å²) in [5, 5.41) is 6.82. The summed E-state index contributed by atoms with van der Waals surface area (Å²) in [4.78, 5) is 22.0. The van der Waals surface area contributed by atoms with E-state index in [0.717, 1.165) is 16.3 Å². The minimum absolute atomic E-state index is 0.0236. The number of nitrogens with zero attached hydrogens (tertiary/aromatic N) is 5. The van der Waals surface area contributed by atoms with E-state index in [4.69, 9.17) is 16.3 Å². The highest BCUT2D eigenvalue weighted by atomic mass is 35.5. The van der Waals surface area contributed by atoms with Gasteiger partial charge in [0.1, 0.15) is 10.4 Å². The number of ether oxygens (including phenoxy) is 1. The van der Waals surface area contributed by atoms with E-state index in [9.17, 15) is 18.0 Å². The summed E-state index contributed by atoms with van der Waals surface area (Å²) in [5.41, 5.74) is -1.46. The van der Waals surface area contributed by atoms with Gasteiger partial charge in [-0.1, -0.05) is 11.6 Å². The van der Waals surface area contributed by atoms with Crippen LogP contribution in [0.5, 0.6) is 5.88 Å². The average molecular weight is 441 g/mol. The first-order valence-electron chi connectivity index (χ1n) is 8.76. The van der Waals surface area contributed by atoms with E-state index < -0.39 is 24.2 Å². The summed E-state index contributed by atoms with van der Waals surface area (Å²) in [6.45, 7) is 2.07. The predicted octanol–water partition coefficient (Wildman–Crippen LogP) is 3.97. The van der Waals surface area contributed by atoms with Crippen LogP contribution < -0.4 is 15.0 Å². The first-order valence-corrected chi connectivity index (χ1v) is 9.13. The number of amides is 2. The third-order valence-electron chi connectivity index (χ3n) is 5.00. The highest BCUT2D eigenvalue weighted by molar-refractivity contribution is 6.32. The molecule has 0 aliphatic carbocycles. The number of pyridine rings is 1. The number of rotatable bonds is 2. The average Bonchev–Trinajstić information content (AvgIpc) is 3.19. The summed E-state index contributed by atoms with van der Waals surface area (Å²) in [6.07, 6.45) is -2.08. The number of urea groups is 1. The van der Waals surface area contributed by atoms with Gasteiger partial charge in [0.2, 0.25) is 5.88 Å². The molecule has 0 unspecified atom stereocenters. The Kier molecular flexibility index (Phi) is 4.53. The van der Waals surface area contributed by atoms with Crippen molar-refractivity contribution in [2.45, 2.75) is 25.4 Å². The van der Waals surface area contributed by atoms with Crippen molar-refractivity contribution in [2.75, 3.05) is 23.9 Å². The van der Waals surface area contributed by atoms with Crippen LogP contribution in [-0.2, 0) is 5.41 Å². The molecule has 30 heavy (non-hydrogen) atoms. The lowest BCUT2D eigenvalue weighted by atomic mass is 9.88. The Morgan fingerprint density at radius 2 is 2.03 bits per heavy atom. The Morgan fingerprint density at radius 1 is 1.30 bits per heavy atom. The van der Waals surface area contributed by atoms with Crippen LogP contribution in [0.2, 0.25) is 5.02 Å². The van der Waals surface area contributed by atoms with Crippen LogP contribution >= 0.6 is 11.6 Å². The van der Waals surface area contributed by atoms with Gasteiger partial charge in [-0.15, -0.1) is 0 Å². The number of aryl methyl sites for hydroxylation is 1. The minimum atomic E-state index is -4.63. The maximum absolute atomic E-state index is 14.1. The van der Waals surface area contributed by atoms with Crippen LogP contribution in [0, 0.1) is 6.92 Å². The minimum Gasteiger partial charge on any atom is -0.480 e. The Hall–Kier alpha value is -3.08. The lowest BCUT2D eigenvalue weighted by Crippen LogP contribution is -2.46. The SMILES string of the molecule is COc1ncc(NC(=O)N2C[C@@](C)(C(F)(F)F)c3c2cnc2cc(C)nn32)cc1Cl. The molecule has 3 aromatic heterocycles. The molecule has 4 heterocycles. The number of carbonyl (C=O) groups excluding carboxylic acids is 1. The van der Waals surface area contributed by atoms with Crippen molar-refractivity contribution in [3.8, 4) is 5.88 Å². The van der Waals surface area contributed by atoms with Gasteiger partial charge in [0.15, 0.2) is 5.65 Å². The van der Waals surface area contributed by atoms with E-state index in [1.807, 2.05) is 0 Å². The Balaban J connectivity index is 1.77. The van der Waals surface area contributed by atoms with E-state index in [1.54, 1.807) is 13.0 Å². The predicted molar refractivity (Wildman–Crippen MR) is 103 cm³/mol. The molecule has 0 saturated carbocycles. The van der Waals surface area contributed by atoms with Gasteiger partial charge < -0.3 is 10.1 Å². The molecule has 1 aliphatic heterocycles. The molecule has 12 heteroatoms. The number of hydrogen-bond donors (Lipinski definition) is 1. The van der Waals surface area contributed by atoms with Crippen molar-refractivity contribution < 1.29 is 22.7 Å². The standard InChI is InChI=1S/C18H16ClF3N6O2/c1-9-4-13-23-7-12-14(28(13)26-9)17(2,18(20,21)22)8-27(12)16(29)25-10-5-11(19)15(30-3)24-6-10/h4-7H,8H2,1-3H3,(H,25,29)/t17-/m1/s1. The number of fused-ring (bicyclic) bond motifs is 3. The Bertz CT molecular complexity index is 1160. The number of anilines is 2. The number of halogens is 4. The van der Waals surface area contributed by atoms with E-state index in [-0.39, 0.29) is 33.6 Å². The first kappa shape index (κ1) is 20.2. The molecule has 0 saturated heterocycles. The summed E-state index contributed by atoms with van der Waals surface area (Å²) < 4.78 is 48.4. The fourth-order valence-corrected chi connectivity index (χ4v) is 3.71. The molecular formula is C18H16ClF3N6O2. The van der Waals surface area contributed by atoms with E-state index in [1.165, 1.54) is 25.6 Å². The maximum Gasteiger partial charge on any atom is 0.401 e. The number of carbonyl (C=O) groups is 1. The smallest absolute Gasteiger partial charge is 0.401 e. The molecule has 0 fully saturated rings. The van der Waals surface area contributed by atoms with E-state index in [0.29, 0.717) is 5.69 Å².